The molecule has 6 nitrogen and oxygen atoms in total. The third-order valence-electron chi connectivity index (χ3n) is 2.02. The number of nitrogens with zero attached hydrogens (tertiary/aromatic N) is 2. The van der Waals surface area contributed by atoms with Gasteiger partial charge in [0.1, 0.15) is 12.4 Å². The van der Waals surface area contributed by atoms with Crippen LogP contribution in [0.15, 0.2) is 34.6 Å². The quantitative estimate of drug-likeness (QED) is 0.443. The number of oxime groups is 2. The number of hydrogen-bond donors (Lipinski definition) is 2. The Morgan fingerprint density at radius 2 is 2.12 bits per heavy atom. The Labute approximate surface area is 91.4 Å². The standard InChI is InChI=1S/C10H10N2O4/c13-8-4-2-1-3-7(8)9(11-14)10-12-16-6-5-15-10/h1-4,13-14H,5-6H2. The molecule has 2 rings (SSSR count). The summed E-state index contributed by atoms with van der Waals surface area (Å²) in [5, 5.41) is 25.2. The zero-order chi connectivity index (χ0) is 11.4. The average molecular weight is 222 g/mol. The fourth-order valence-electron chi connectivity index (χ4n) is 1.30. The Hall–Kier alpha value is -2.24. The second-order valence-corrected chi connectivity index (χ2v) is 3.04. The van der Waals surface area contributed by atoms with Crippen molar-refractivity contribution in [2.75, 3.05) is 13.2 Å². The normalized spacial score (nSPS) is 16.0. The van der Waals surface area contributed by atoms with Crippen LogP contribution in [0.5, 0.6) is 5.75 Å². The highest BCUT2D eigenvalue weighted by Gasteiger charge is 2.20. The van der Waals surface area contributed by atoms with Crippen molar-refractivity contribution in [1.82, 2.24) is 0 Å². The summed E-state index contributed by atoms with van der Waals surface area (Å²) < 4.78 is 5.16. The minimum atomic E-state index is -0.0211. The predicted octanol–water partition coefficient (Wildman–Crippen LogP) is 0.931. The van der Waals surface area contributed by atoms with E-state index in [0.29, 0.717) is 18.8 Å². The Kier molecular flexibility index (Phi) is 2.90. The van der Waals surface area contributed by atoms with E-state index in [2.05, 4.69) is 10.3 Å². The molecule has 1 heterocycles. The topological polar surface area (TPSA) is 83.6 Å². The number of phenols is 1. The molecule has 1 aliphatic rings. The molecule has 1 aromatic rings. The van der Waals surface area contributed by atoms with Crippen LogP contribution in [0.1, 0.15) is 5.56 Å². The van der Waals surface area contributed by atoms with E-state index >= 15 is 0 Å². The van der Waals surface area contributed by atoms with Gasteiger partial charge in [0, 0.05) is 0 Å². The summed E-state index contributed by atoms with van der Waals surface area (Å²) in [5.74, 6) is 0.0300. The van der Waals surface area contributed by atoms with Gasteiger partial charge in [-0.15, -0.1) is 0 Å². The zero-order valence-corrected chi connectivity index (χ0v) is 8.33. The lowest BCUT2D eigenvalue weighted by Gasteiger charge is -2.14. The van der Waals surface area contributed by atoms with Crippen molar-refractivity contribution in [3.63, 3.8) is 0 Å². The van der Waals surface area contributed by atoms with E-state index in [1.807, 2.05) is 0 Å². The van der Waals surface area contributed by atoms with Crippen LogP contribution in [0.4, 0.5) is 0 Å². The van der Waals surface area contributed by atoms with E-state index in [-0.39, 0.29) is 17.4 Å². The van der Waals surface area contributed by atoms with E-state index < -0.39 is 0 Å². The number of benzene rings is 1. The smallest absolute Gasteiger partial charge is 0.280 e. The lowest BCUT2D eigenvalue weighted by atomic mass is 10.1. The van der Waals surface area contributed by atoms with Gasteiger partial charge in [0.05, 0.1) is 5.56 Å². The molecule has 0 unspecified atom stereocenters. The lowest BCUT2D eigenvalue weighted by Crippen LogP contribution is -2.25. The molecule has 0 atom stereocenters. The molecular weight excluding hydrogens is 212 g/mol. The van der Waals surface area contributed by atoms with Crippen molar-refractivity contribution in [2.45, 2.75) is 0 Å². The Bertz CT molecular complexity index is 442. The molecule has 0 fully saturated rings. The Morgan fingerprint density at radius 3 is 2.75 bits per heavy atom. The van der Waals surface area contributed by atoms with Gasteiger partial charge in [-0.3, -0.25) is 0 Å². The predicted molar refractivity (Wildman–Crippen MR) is 55.8 cm³/mol. The summed E-state index contributed by atoms with van der Waals surface area (Å²) in [6.07, 6.45) is 0. The molecule has 0 aliphatic carbocycles. The molecule has 0 saturated carbocycles. The Balaban J connectivity index is 2.37. The third-order valence-corrected chi connectivity index (χ3v) is 2.02. The average Bonchev–Trinajstić information content (AvgIpc) is 2.34. The van der Waals surface area contributed by atoms with E-state index in [1.165, 1.54) is 6.07 Å². The molecule has 0 amide bonds. The van der Waals surface area contributed by atoms with Crippen molar-refractivity contribution < 1.29 is 19.9 Å². The summed E-state index contributed by atoms with van der Waals surface area (Å²) >= 11 is 0. The highest BCUT2D eigenvalue weighted by molar-refractivity contribution is 6.45. The van der Waals surface area contributed by atoms with Gasteiger partial charge in [-0.05, 0) is 17.3 Å². The fourth-order valence-corrected chi connectivity index (χ4v) is 1.30. The second-order valence-electron chi connectivity index (χ2n) is 3.04. The van der Waals surface area contributed by atoms with Gasteiger partial charge in [0.2, 0.25) is 0 Å². The van der Waals surface area contributed by atoms with Gasteiger partial charge in [0.25, 0.3) is 5.90 Å². The van der Waals surface area contributed by atoms with Crippen molar-refractivity contribution in [1.29, 1.82) is 0 Å². The summed E-state index contributed by atoms with van der Waals surface area (Å²) in [6, 6.07) is 6.42. The SMILES string of the molecule is ON=C(C1=NOCCO1)c1ccccc1O. The molecule has 0 bridgehead atoms. The molecule has 6 heteroatoms. The summed E-state index contributed by atoms with van der Waals surface area (Å²) in [5.41, 5.74) is 0.368. The molecule has 1 aliphatic heterocycles. The minimum Gasteiger partial charge on any atom is -0.507 e. The van der Waals surface area contributed by atoms with Crippen molar-refractivity contribution in [2.24, 2.45) is 10.3 Å². The van der Waals surface area contributed by atoms with Crippen LogP contribution >= 0.6 is 0 Å². The summed E-state index contributed by atoms with van der Waals surface area (Å²) in [6.45, 7) is 0.675. The third kappa shape index (κ3) is 1.90. The number of hydrogen-bond acceptors (Lipinski definition) is 6. The first-order valence-corrected chi connectivity index (χ1v) is 4.66. The van der Waals surface area contributed by atoms with Crippen LogP contribution in [0.25, 0.3) is 0 Å². The molecule has 84 valence electrons. The van der Waals surface area contributed by atoms with Gasteiger partial charge in [0.15, 0.2) is 12.3 Å². The number of aromatic hydroxyl groups is 1. The first kappa shape index (κ1) is 10.3. The molecule has 1 aromatic carbocycles. The summed E-state index contributed by atoms with van der Waals surface area (Å²) in [7, 11) is 0. The van der Waals surface area contributed by atoms with Crippen LogP contribution in [-0.4, -0.2) is 35.1 Å². The van der Waals surface area contributed by atoms with Crippen LogP contribution in [0.3, 0.4) is 0 Å². The second kappa shape index (κ2) is 4.52. The van der Waals surface area contributed by atoms with Gasteiger partial charge < -0.3 is 19.9 Å². The van der Waals surface area contributed by atoms with Gasteiger partial charge in [-0.25, -0.2) is 0 Å². The maximum absolute atomic E-state index is 9.60. The molecule has 0 aromatic heterocycles. The van der Waals surface area contributed by atoms with Crippen molar-refractivity contribution in [3.05, 3.63) is 29.8 Å². The van der Waals surface area contributed by atoms with E-state index in [1.54, 1.807) is 18.2 Å². The van der Waals surface area contributed by atoms with E-state index in [9.17, 15) is 5.11 Å². The molecule has 0 spiro atoms. The lowest BCUT2D eigenvalue weighted by molar-refractivity contribution is 0.0674. The number of phenolic OH excluding ortho intramolecular Hbond substituents is 1. The molecule has 16 heavy (non-hydrogen) atoms. The maximum Gasteiger partial charge on any atom is 0.280 e. The first-order chi connectivity index (χ1) is 7.83. The van der Waals surface area contributed by atoms with Gasteiger partial charge >= 0.3 is 0 Å². The van der Waals surface area contributed by atoms with Crippen LogP contribution < -0.4 is 0 Å². The monoisotopic (exact) mass is 222 g/mol. The fraction of sp³-hybridized carbons (Fsp3) is 0.200. The molecule has 2 N–H and O–H groups in total. The molecular formula is C10H10N2O4. The Morgan fingerprint density at radius 1 is 1.31 bits per heavy atom. The van der Waals surface area contributed by atoms with Gasteiger partial charge in [-0.1, -0.05) is 17.3 Å². The number of para-hydroxylation sites is 1. The largest absolute Gasteiger partial charge is 0.507 e. The van der Waals surface area contributed by atoms with E-state index in [4.69, 9.17) is 14.8 Å². The maximum atomic E-state index is 9.60. The number of ether oxygens (including phenoxy) is 1. The van der Waals surface area contributed by atoms with Crippen molar-refractivity contribution >= 4 is 11.6 Å². The number of rotatable bonds is 2. The van der Waals surface area contributed by atoms with Crippen LogP contribution in [0, 0.1) is 0 Å². The first-order valence-electron chi connectivity index (χ1n) is 4.66. The summed E-state index contributed by atoms with van der Waals surface area (Å²) in [4.78, 5) is 4.82. The van der Waals surface area contributed by atoms with Crippen LogP contribution in [0.2, 0.25) is 0 Å². The molecule has 0 radical (unpaired) electrons. The zero-order valence-electron chi connectivity index (χ0n) is 8.33. The highest BCUT2D eigenvalue weighted by atomic mass is 16.7. The van der Waals surface area contributed by atoms with E-state index in [0.717, 1.165) is 0 Å². The van der Waals surface area contributed by atoms with Gasteiger partial charge in [-0.2, -0.15) is 0 Å². The minimum absolute atomic E-state index is 0.0211. The molecule has 0 saturated heterocycles. The van der Waals surface area contributed by atoms with Crippen molar-refractivity contribution in [3.8, 4) is 5.75 Å². The van der Waals surface area contributed by atoms with Crippen LogP contribution in [-0.2, 0) is 9.57 Å². The highest BCUT2D eigenvalue weighted by Crippen LogP contribution is 2.18.